The van der Waals surface area contributed by atoms with Crippen LogP contribution in [-0.2, 0) is 9.59 Å². The molecule has 2 rings (SSSR count). The van der Waals surface area contributed by atoms with Crippen LogP contribution in [0.1, 0.15) is 20.3 Å². The molecule has 0 aliphatic rings. The third kappa shape index (κ3) is 3.97. The van der Waals surface area contributed by atoms with Crippen LogP contribution in [0.3, 0.4) is 0 Å². The summed E-state index contributed by atoms with van der Waals surface area (Å²) in [5, 5.41) is 17.0. The molecule has 0 radical (unpaired) electrons. The Hall–Kier alpha value is -2.56. The van der Waals surface area contributed by atoms with Gasteiger partial charge >= 0.3 is 0 Å². The molecule has 0 aliphatic heterocycles. The topological polar surface area (TPSA) is 78.4 Å². The van der Waals surface area contributed by atoms with Crippen molar-refractivity contribution in [3.63, 3.8) is 0 Å². The normalized spacial score (nSPS) is 10.7. The van der Waals surface area contributed by atoms with E-state index >= 15 is 0 Å². The highest BCUT2D eigenvalue weighted by Gasteiger charge is 2.09. The third-order valence-corrected chi connectivity index (χ3v) is 3.30. The zero-order valence-electron chi connectivity index (χ0n) is 12.7. The number of phenols is 1. The van der Waals surface area contributed by atoms with E-state index in [2.05, 4.69) is 10.6 Å². The Labute approximate surface area is 129 Å². The lowest BCUT2D eigenvalue weighted by atomic mass is 10.1. The second-order valence-electron chi connectivity index (χ2n) is 5.46. The van der Waals surface area contributed by atoms with E-state index in [1.807, 2.05) is 24.3 Å². The van der Waals surface area contributed by atoms with Gasteiger partial charge in [0.25, 0.3) is 0 Å². The molecule has 0 atom stereocenters. The maximum absolute atomic E-state index is 11.9. The molecule has 0 aliphatic carbocycles. The first-order chi connectivity index (χ1) is 10.5. The molecular weight excluding hydrogens is 280 g/mol. The Kier molecular flexibility index (Phi) is 4.99. The predicted molar refractivity (Wildman–Crippen MR) is 86.7 cm³/mol. The summed E-state index contributed by atoms with van der Waals surface area (Å²) >= 11 is 0. The lowest BCUT2D eigenvalue weighted by Gasteiger charge is -2.10. The van der Waals surface area contributed by atoms with E-state index in [4.69, 9.17) is 0 Å². The SMILES string of the molecule is CC(C)C(=O)NCCC(=O)Nc1cc(O)c2ccccc2c1. The van der Waals surface area contributed by atoms with E-state index < -0.39 is 0 Å². The Morgan fingerprint density at radius 1 is 1.18 bits per heavy atom. The van der Waals surface area contributed by atoms with Crippen LogP contribution in [-0.4, -0.2) is 23.5 Å². The molecule has 0 fully saturated rings. The van der Waals surface area contributed by atoms with Crippen LogP contribution >= 0.6 is 0 Å². The van der Waals surface area contributed by atoms with Crippen LogP contribution in [0.25, 0.3) is 10.8 Å². The first kappa shape index (κ1) is 15.8. The number of rotatable bonds is 5. The van der Waals surface area contributed by atoms with Crippen molar-refractivity contribution < 1.29 is 14.7 Å². The minimum atomic E-state index is -0.210. The highest BCUT2D eigenvalue weighted by atomic mass is 16.3. The van der Waals surface area contributed by atoms with Crippen molar-refractivity contribution in [1.82, 2.24) is 5.32 Å². The van der Waals surface area contributed by atoms with Crippen molar-refractivity contribution in [2.75, 3.05) is 11.9 Å². The number of aromatic hydroxyl groups is 1. The summed E-state index contributed by atoms with van der Waals surface area (Å²) in [4.78, 5) is 23.3. The molecule has 0 unspecified atom stereocenters. The van der Waals surface area contributed by atoms with Gasteiger partial charge in [-0.05, 0) is 11.5 Å². The van der Waals surface area contributed by atoms with Crippen LogP contribution in [0, 0.1) is 5.92 Å². The molecule has 22 heavy (non-hydrogen) atoms. The Bertz CT molecular complexity index is 695. The Morgan fingerprint density at radius 3 is 2.64 bits per heavy atom. The van der Waals surface area contributed by atoms with Gasteiger partial charge in [0.05, 0.1) is 0 Å². The number of carbonyl (C=O) groups is 2. The van der Waals surface area contributed by atoms with Crippen molar-refractivity contribution in [3.05, 3.63) is 36.4 Å². The number of phenolic OH excluding ortho intramolecular Hbond substituents is 1. The molecule has 0 saturated heterocycles. The van der Waals surface area contributed by atoms with Crippen molar-refractivity contribution >= 4 is 28.3 Å². The van der Waals surface area contributed by atoms with Crippen molar-refractivity contribution in [3.8, 4) is 5.75 Å². The van der Waals surface area contributed by atoms with Gasteiger partial charge in [-0.1, -0.05) is 38.1 Å². The van der Waals surface area contributed by atoms with Gasteiger partial charge in [-0.3, -0.25) is 9.59 Å². The number of fused-ring (bicyclic) bond motifs is 1. The summed E-state index contributed by atoms with van der Waals surface area (Å²) in [5.74, 6) is -0.253. The summed E-state index contributed by atoms with van der Waals surface area (Å²) in [7, 11) is 0. The maximum Gasteiger partial charge on any atom is 0.226 e. The van der Waals surface area contributed by atoms with Crippen molar-refractivity contribution in [2.24, 2.45) is 5.92 Å². The van der Waals surface area contributed by atoms with Gasteiger partial charge in [-0.2, -0.15) is 0 Å². The van der Waals surface area contributed by atoms with Gasteiger partial charge in [0.1, 0.15) is 5.75 Å². The van der Waals surface area contributed by atoms with Crippen molar-refractivity contribution in [1.29, 1.82) is 0 Å². The molecule has 116 valence electrons. The highest BCUT2D eigenvalue weighted by molar-refractivity contribution is 5.97. The van der Waals surface area contributed by atoms with Crippen LogP contribution in [0.5, 0.6) is 5.75 Å². The fourth-order valence-electron chi connectivity index (χ4n) is 2.09. The van der Waals surface area contributed by atoms with Gasteiger partial charge in [-0.15, -0.1) is 0 Å². The molecule has 5 heteroatoms. The van der Waals surface area contributed by atoms with Gasteiger partial charge in [0.15, 0.2) is 0 Å². The summed E-state index contributed by atoms with van der Waals surface area (Å²) < 4.78 is 0. The zero-order chi connectivity index (χ0) is 16.1. The average Bonchev–Trinajstić information content (AvgIpc) is 2.47. The fraction of sp³-hybridized carbons (Fsp3) is 0.294. The van der Waals surface area contributed by atoms with Gasteiger partial charge in [-0.25, -0.2) is 0 Å². The van der Waals surface area contributed by atoms with E-state index in [1.54, 1.807) is 19.9 Å². The predicted octanol–water partition coefficient (Wildman–Crippen LogP) is 2.65. The molecule has 2 aromatic rings. The summed E-state index contributed by atoms with van der Waals surface area (Å²) in [6.07, 6.45) is 0.187. The quantitative estimate of drug-likeness (QED) is 0.794. The number of benzene rings is 2. The lowest BCUT2D eigenvalue weighted by Crippen LogP contribution is -2.30. The fourth-order valence-corrected chi connectivity index (χ4v) is 2.09. The summed E-state index contributed by atoms with van der Waals surface area (Å²) in [5.41, 5.74) is 0.538. The van der Waals surface area contributed by atoms with E-state index in [9.17, 15) is 14.7 Å². The van der Waals surface area contributed by atoms with Crippen LogP contribution in [0.15, 0.2) is 36.4 Å². The smallest absolute Gasteiger partial charge is 0.226 e. The molecule has 3 N–H and O–H groups in total. The first-order valence-corrected chi connectivity index (χ1v) is 7.26. The molecule has 0 spiro atoms. The van der Waals surface area contributed by atoms with E-state index in [0.29, 0.717) is 12.2 Å². The molecular formula is C17H20N2O3. The first-order valence-electron chi connectivity index (χ1n) is 7.26. The molecule has 5 nitrogen and oxygen atoms in total. The third-order valence-electron chi connectivity index (χ3n) is 3.30. The largest absolute Gasteiger partial charge is 0.507 e. The summed E-state index contributed by atoms with van der Waals surface area (Å²) in [6.45, 7) is 3.89. The molecule has 0 saturated carbocycles. The standard InChI is InChI=1S/C17H20N2O3/c1-11(2)17(22)18-8-7-16(21)19-13-9-12-5-3-4-6-14(12)15(20)10-13/h3-6,9-11,20H,7-8H2,1-2H3,(H,18,22)(H,19,21). The number of nitrogens with one attached hydrogen (secondary N) is 2. The molecule has 0 heterocycles. The second-order valence-corrected chi connectivity index (χ2v) is 5.46. The van der Waals surface area contributed by atoms with Crippen LogP contribution in [0.2, 0.25) is 0 Å². The van der Waals surface area contributed by atoms with E-state index in [0.717, 1.165) is 10.8 Å². The maximum atomic E-state index is 11.9. The number of hydrogen-bond donors (Lipinski definition) is 3. The monoisotopic (exact) mass is 300 g/mol. The lowest BCUT2D eigenvalue weighted by molar-refractivity contribution is -0.124. The van der Waals surface area contributed by atoms with Crippen LogP contribution in [0.4, 0.5) is 5.69 Å². The van der Waals surface area contributed by atoms with Gasteiger partial charge in [0, 0.05) is 36.0 Å². The van der Waals surface area contributed by atoms with E-state index in [-0.39, 0.29) is 29.9 Å². The summed E-state index contributed by atoms with van der Waals surface area (Å²) in [6, 6.07) is 10.7. The molecule has 2 amide bonds. The Morgan fingerprint density at radius 2 is 1.91 bits per heavy atom. The van der Waals surface area contributed by atoms with Gasteiger partial charge < -0.3 is 15.7 Å². The minimum absolute atomic E-state index is 0.0730. The minimum Gasteiger partial charge on any atom is -0.507 e. The Balaban J connectivity index is 1.96. The van der Waals surface area contributed by atoms with Gasteiger partial charge in [0.2, 0.25) is 11.8 Å². The molecule has 0 bridgehead atoms. The number of hydrogen-bond acceptors (Lipinski definition) is 3. The van der Waals surface area contributed by atoms with Crippen LogP contribution < -0.4 is 10.6 Å². The van der Waals surface area contributed by atoms with E-state index in [1.165, 1.54) is 6.07 Å². The number of carbonyl (C=O) groups excluding carboxylic acids is 2. The molecule has 2 aromatic carbocycles. The molecule has 0 aromatic heterocycles. The number of amides is 2. The second kappa shape index (κ2) is 6.93. The average molecular weight is 300 g/mol. The highest BCUT2D eigenvalue weighted by Crippen LogP contribution is 2.28. The zero-order valence-corrected chi connectivity index (χ0v) is 12.7. The number of anilines is 1. The van der Waals surface area contributed by atoms with Crippen molar-refractivity contribution in [2.45, 2.75) is 20.3 Å².